The molecule has 2 aliphatic heterocycles. The molecule has 0 amide bonds. The molecule has 5 aromatic rings. The Labute approximate surface area is 403 Å². The molecule has 0 bridgehead atoms. The van der Waals surface area contributed by atoms with Crippen LogP contribution in [0.3, 0.4) is 0 Å². The molecule has 1 unspecified atom stereocenters. The summed E-state index contributed by atoms with van der Waals surface area (Å²) in [5.41, 5.74) is 1.93. The van der Waals surface area contributed by atoms with Gasteiger partial charge in [0.05, 0.1) is 49.1 Å². The molecule has 0 saturated carbocycles. The lowest BCUT2D eigenvalue weighted by Crippen LogP contribution is -2.67. The van der Waals surface area contributed by atoms with Gasteiger partial charge in [-0.15, -0.1) is 0 Å². The van der Waals surface area contributed by atoms with Gasteiger partial charge in [0.25, 0.3) is 8.32 Å². The van der Waals surface area contributed by atoms with Crippen molar-refractivity contribution in [3.8, 4) is 0 Å². The van der Waals surface area contributed by atoms with E-state index >= 15 is 8.42 Å². The Morgan fingerprint density at radius 3 is 1.76 bits per heavy atom. The lowest BCUT2D eigenvalue weighted by atomic mass is 9.91. The molecule has 2 heterocycles. The normalized spacial score (nSPS) is 23.5. The van der Waals surface area contributed by atoms with Gasteiger partial charge < -0.3 is 27.8 Å². The van der Waals surface area contributed by atoms with E-state index in [1.54, 1.807) is 12.1 Å². The molecule has 0 aromatic heterocycles. The van der Waals surface area contributed by atoms with Crippen LogP contribution in [0.1, 0.15) is 90.8 Å². The predicted molar refractivity (Wildman–Crippen MR) is 274 cm³/mol. The van der Waals surface area contributed by atoms with Crippen LogP contribution in [0.5, 0.6) is 0 Å². The fourth-order valence-electron chi connectivity index (χ4n) is 10.3. The van der Waals surface area contributed by atoms with Gasteiger partial charge in [0.15, 0.2) is 8.32 Å². The third-order valence-corrected chi connectivity index (χ3v) is 26.6. The molecule has 0 N–H and O–H groups in total. The molecule has 7 rings (SSSR count). The standard InChI is InChI=1S/C56H74O8SSi2/c1-9-66(10-2,11-3)63-53-51(60-42-46-27-18-13-19-28-46)39-47(29-24-38-59-41-45-25-16-12-17-26-45)62-52(53)40-56(65(57,58)48-36-34-44(4)35-37-48)55(8,64-56)43-61-67(54(5,6)7,49-30-20-14-21-31-49)50-32-22-15-23-33-50/h12-23,25-28,30-37,47,51-53H,9-11,24,29,38-43H2,1-8H3/t47-,51+,52-,53?,55+,56-/m1/s1. The molecule has 360 valence electrons. The van der Waals surface area contributed by atoms with Gasteiger partial charge in [0, 0.05) is 19.4 Å². The molecule has 67 heavy (non-hydrogen) atoms. The van der Waals surface area contributed by atoms with Gasteiger partial charge in [-0.25, -0.2) is 8.42 Å². The second kappa shape index (κ2) is 21.9. The number of hydrogen-bond donors (Lipinski definition) is 0. The van der Waals surface area contributed by atoms with Crippen LogP contribution in [-0.4, -0.2) is 73.2 Å². The van der Waals surface area contributed by atoms with Crippen LogP contribution in [0.15, 0.2) is 150 Å². The van der Waals surface area contributed by atoms with Crippen molar-refractivity contribution in [2.24, 2.45) is 0 Å². The number of rotatable bonds is 23. The largest absolute Gasteiger partial charge is 0.409 e. The number of sulfone groups is 1. The van der Waals surface area contributed by atoms with E-state index in [1.165, 1.54) is 0 Å². The molecule has 11 heteroatoms. The Bertz CT molecular complexity index is 2350. The van der Waals surface area contributed by atoms with Crippen molar-refractivity contribution in [3.05, 3.63) is 162 Å². The van der Waals surface area contributed by atoms with Crippen LogP contribution >= 0.6 is 0 Å². The molecule has 8 nitrogen and oxygen atoms in total. The van der Waals surface area contributed by atoms with Crippen molar-refractivity contribution in [1.82, 2.24) is 0 Å². The third-order valence-electron chi connectivity index (χ3n) is 14.5. The highest BCUT2D eigenvalue weighted by Gasteiger charge is 2.77. The van der Waals surface area contributed by atoms with Crippen LogP contribution < -0.4 is 10.4 Å². The number of benzene rings is 5. The molecule has 5 aromatic carbocycles. The lowest BCUT2D eigenvalue weighted by Gasteiger charge is -2.46. The topological polar surface area (TPSA) is 92.8 Å². The van der Waals surface area contributed by atoms with E-state index in [-0.39, 0.29) is 35.2 Å². The van der Waals surface area contributed by atoms with Crippen LogP contribution in [0.25, 0.3) is 0 Å². The molecule has 0 spiro atoms. The first-order chi connectivity index (χ1) is 32.1. The van der Waals surface area contributed by atoms with Crippen LogP contribution in [0.2, 0.25) is 23.2 Å². The smallest absolute Gasteiger partial charge is 0.261 e. The zero-order valence-corrected chi connectivity index (χ0v) is 43.9. The van der Waals surface area contributed by atoms with Crippen molar-refractivity contribution in [2.75, 3.05) is 13.2 Å². The maximum absolute atomic E-state index is 15.7. The quantitative estimate of drug-likeness (QED) is 0.0363. The summed E-state index contributed by atoms with van der Waals surface area (Å²) in [5, 5.41) is 1.90. The van der Waals surface area contributed by atoms with Gasteiger partial charge >= 0.3 is 0 Å². The predicted octanol–water partition coefficient (Wildman–Crippen LogP) is 11.4. The number of aryl methyl sites for hydroxylation is 1. The fourth-order valence-corrected chi connectivity index (χ4v) is 20.0. The summed E-state index contributed by atoms with van der Waals surface area (Å²) < 4.78 is 73.7. The van der Waals surface area contributed by atoms with Crippen molar-refractivity contribution in [2.45, 2.75) is 157 Å². The summed E-state index contributed by atoms with van der Waals surface area (Å²) in [6, 6.07) is 51.2. The van der Waals surface area contributed by atoms with Gasteiger partial charge in [0.1, 0.15) is 5.60 Å². The van der Waals surface area contributed by atoms with Crippen molar-refractivity contribution >= 4 is 36.8 Å². The average Bonchev–Trinajstić information content (AvgIpc) is 3.96. The Morgan fingerprint density at radius 1 is 0.716 bits per heavy atom. The number of epoxide rings is 1. The lowest BCUT2D eigenvalue weighted by molar-refractivity contribution is -0.187. The Kier molecular flexibility index (Phi) is 16.7. The number of hydrogen-bond acceptors (Lipinski definition) is 8. The van der Waals surface area contributed by atoms with E-state index < -0.39 is 49.2 Å². The van der Waals surface area contributed by atoms with Gasteiger partial charge in [-0.2, -0.15) is 0 Å². The highest BCUT2D eigenvalue weighted by Crippen LogP contribution is 2.59. The molecule has 2 saturated heterocycles. The second-order valence-corrected chi connectivity index (χ2v) is 31.1. The van der Waals surface area contributed by atoms with Crippen LogP contribution in [0, 0.1) is 6.92 Å². The SMILES string of the molecule is CC[Si](CC)(CC)OC1[C@@H](OCc2ccccc2)C[C@@H](CCCOCc2ccccc2)O[C@@H]1C[C@]1(S(=O)(=O)c2ccc(C)cc2)O[C@@]1(C)CO[Si](c1ccccc1)(c1ccccc1)C(C)(C)C. The minimum atomic E-state index is -4.18. The molecule has 2 fully saturated rings. The molecular formula is C56H74O8SSi2. The summed E-state index contributed by atoms with van der Waals surface area (Å²) in [6.45, 7) is 18.8. The Morgan fingerprint density at radius 2 is 1.24 bits per heavy atom. The molecule has 2 aliphatic rings. The van der Waals surface area contributed by atoms with Crippen molar-refractivity contribution in [3.63, 3.8) is 0 Å². The maximum Gasteiger partial charge on any atom is 0.261 e. The summed E-state index contributed by atoms with van der Waals surface area (Å²) in [6.07, 6.45) is 0.351. The van der Waals surface area contributed by atoms with Crippen molar-refractivity contribution in [1.29, 1.82) is 0 Å². The summed E-state index contributed by atoms with van der Waals surface area (Å²) in [5.74, 6) is 0. The summed E-state index contributed by atoms with van der Waals surface area (Å²) >= 11 is 0. The van der Waals surface area contributed by atoms with Crippen LogP contribution in [0.4, 0.5) is 0 Å². The van der Waals surface area contributed by atoms with Crippen molar-refractivity contribution < 1.29 is 36.2 Å². The molecular weight excluding hydrogens is 889 g/mol. The van der Waals surface area contributed by atoms with E-state index in [2.05, 4.69) is 114 Å². The first-order valence-corrected chi connectivity index (χ1v) is 30.4. The van der Waals surface area contributed by atoms with Gasteiger partial charge in [-0.1, -0.05) is 181 Å². The monoisotopic (exact) mass is 962 g/mol. The van der Waals surface area contributed by atoms with Gasteiger partial charge in [0.2, 0.25) is 14.8 Å². The summed E-state index contributed by atoms with van der Waals surface area (Å²) in [4.78, 5) is -1.49. The fraction of sp³-hybridized carbons (Fsp3) is 0.464. The summed E-state index contributed by atoms with van der Waals surface area (Å²) in [7, 11) is -9.60. The zero-order chi connectivity index (χ0) is 47.8. The first kappa shape index (κ1) is 51.1. The van der Waals surface area contributed by atoms with E-state index in [4.69, 9.17) is 27.8 Å². The zero-order valence-electron chi connectivity index (χ0n) is 41.1. The highest BCUT2D eigenvalue weighted by molar-refractivity contribution is 7.93. The Balaban J connectivity index is 1.28. The van der Waals surface area contributed by atoms with E-state index in [0.717, 1.165) is 51.6 Å². The minimum absolute atomic E-state index is 0.0440. The molecule has 0 aliphatic carbocycles. The highest BCUT2D eigenvalue weighted by atomic mass is 32.2. The first-order valence-electron chi connectivity index (χ1n) is 24.5. The Hall–Kier alpha value is -3.76. The second-order valence-electron chi connectivity index (χ2n) is 19.9. The van der Waals surface area contributed by atoms with Gasteiger partial charge in [-0.05, 0) is 83.5 Å². The van der Waals surface area contributed by atoms with E-state index in [9.17, 15) is 0 Å². The van der Waals surface area contributed by atoms with E-state index in [1.807, 2.05) is 74.5 Å². The average molecular weight is 963 g/mol. The van der Waals surface area contributed by atoms with Crippen LogP contribution in [-0.2, 0) is 50.9 Å². The third kappa shape index (κ3) is 11.2. The number of ether oxygens (including phenoxy) is 4. The maximum atomic E-state index is 15.7. The molecule has 0 radical (unpaired) electrons. The molecule has 6 atom stereocenters. The van der Waals surface area contributed by atoms with Gasteiger partial charge in [-0.3, -0.25) is 0 Å². The van der Waals surface area contributed by atoms with E-state index in [0.29, 0.717) is 32.7 Å². The minimum Gasteiger partial charge on any atom is -0.409 e.